The molecule has 2 aliphatic heterocycles. The molecule has 4 heterocycles. The lowest BCUT2D eigenvalue weighted by Crippen LogP contribution is -2.49. The monoisotopic (exact) mass is 485 g/mol. The quantitative estimate of drug-likeness (QED) is 0.565. The highest BCUT2D eigenvalue weighted by atomic mass is 32.2. The zero-order chi connectivity index (χ0) is 23.2. The Kier molecular flexibility index (Phi) is 5.74. The molecule has 0 bridgehead atoms. The lowest BCUT2D eigenvalue weighted by atomic mass is 10.2. The van der Waals surface area contributed by atoms with Gasteiger partial charge in [0, 0.05) is 37.1 Å². The molecule has 10 heteroatoms. The Morgan fingerprint density at radius 3 is 2.48 bits per heavy atom. The fraction of sp³-hybridized carbons (Fsp3) is 0.435. The van der Waals surface area contributed by atoms with E-state index in [1.54, 1.807) is 0 Å². The largest absolute Gasteiger partial charge is 0.365 e. The Balaban J connectivity index is 1.26. The van der Waals surface area contributed by atoms with E-state index in [1.165, 1.54) is 11.3 Å². The van der Waals surface area contributed by atoms with Gasteiger partial charge in [0.05, 0.1) is 34.6 Å². The molecule has 2 fully saturated rings. The van der Waals surface area contributed by atoms with E-state index in [2.05, 4.69) is 15.0 Å². The van der Waals surface area contributed by atoms with Gasteiger partial charge in [-0.3, -0.25) is 9.48 Å². The van der Waals surface area contributed by atoms with Crippen LogP contribution in [-0.2, 0) is 9.84 Å². The Labute approximate surface area is 197 Å². The number of nitrogens with zero attached hydrogens (tertiary/aromatic N) is 5. The Hall–Kier alpha value is -2.72. The highest BCUT2D eigenvalue weighted by Gasteiger charge is 2.33. The van der Waals surface area contributed by atoms with Crippen molar-refractivity contribution in [3.63, 3.8) is 0 Å². The molecule has 0 saturated carbocycles. The maximum Gasteiger partial charge on any atom is 0.273 e. The molecule has 1 aromatic carbocycles. The highest BCUT2D eigenvalue weighted by molar-refractivity contribution is 7.91. The number of hydrogen-bond donors (Lipinski definition) is 0. The van der Waals surface area contributed by atoms with Crippen LogP contribution in [-0.4, -0.2) is 71.7 Å². The van der Waals surface area contributed by atoms with Crippen molar-refractivity contribution in [3.8, 4) is 10.6 Å². The van der Waals surface area contributed by atoms with Crippen LogP contribution in [0.25, 0.3) is 10.6 Å². The Morgan fingerprint density at radius 1 is 1.09 bits per heavy atom. The molecule has 0 aliphatic carbocycles. The summed E-state index contributed by atoms with van der Waals surface area (Å²) in [6.07, 6.45) is 0.616. The molecule has 1 atom stereocenters. The fourth-order valence-electron chi connectivity index (χ4n) is 4.82. The van der Waals surface area contributed by atoms with E-state index >= 15 is 0 Å². The van der Waals surface area contributed by atoms with Crippen LogP contribution in [0.4, 0.5) is 5.69 Å². The number of aryl methyl sites for hydroxylation is 1. The zero-order valence-corrected chi connectivity index (χ0v) is 20.4. The predicted octanol–water partition coefficient (Wildman–Crippen LogP) is 2.95. The Bertz CT molecular complexity index is 1270. The van der Waals surface area contributed by atoms with Gasteiger partial charge in [0.25, 0.3) is 5.91 Å². The number of aromatic nitrogens is 3. The molecule has 2 aliphatic rings. The van der Waals surface area contributed by atoms with Crippen molar-refractivity contribution in [2.75, 3.05) is 42.6 Å². The molecule has 0 radical (unpaired) electrons. The number of hydrogen-bond acceptors (Lipinski definition) is 7. The first-order chi connectivity index (χ1) is 15.8. The summed E-state index contributed by atoms with van der Waals surface area (Å²) in [6.45, 7) is 6.62. The molecule has 0 spiro atoms. The minimum absolute atomic E-state index is 0.0339. The number of rotatable bonds is 4. The molecule has 2 saturated heterocycles. The molecule has 0 N–H and O–H groups in total. The number of sulfone groups is 1. The van der Waals surface area contributed by atoms with Crippen LogP contribution >= 0.6 is 11.3 Å². The first kappa shape index (κ1) is 22.1. The summed E-state index contributed by atoms with van der Waals surface area (Å²) in [7, 11) is -2.97. The summed E-state index contributed by atoms with van der Waals surface area (Å²) >= 11 is 1.49. The minimum atomic E-state index is -2.97. The molecule has 5 rings (SSSR count). The molecular formula is C23H27N5O3S2. The summed E-state index contributed by atoms with van der Waals surface area (Å²) in [4.78, 5) is 21.7. The molecule has 8 nitrogen and oxygen atoms in total. The van der Waals surface area contributed by atoms with Crippen molar-refractivity contribution in [1.82, 2.24) is 19.7 Å². The van der Waals surface area contributed by atoms with Crippen LogP contribution in [0, 0.1) is 13.8 Å². The molecule has 3 aromatic rings. The third-order valence-corrected chi connectivity index (χ3v) is 9.11. The maximum atomic E-state index is 13.0. The standard InChI is InChI=1S/C23H27N5O3S2/c1-16-21(17(2)28(25-16)19-8-13-33(30,31)15-19)26-9-11-27(12-10-26)23(29)20-14-32-22(24-20)18-6-4-3-5-7-18/h3-7,14,19H,8-13,15H2,1-2H3. The van der Waals surface area contributed by atoms with Crippen molar-refractivity contribution in [2.45, 2.75) is 26.3 Å². The van der Waals surface area contributed by atoms with Crippen LogP contribution in [0.5, 0.6) is 0 Å². The average molecular weight is 486 g/mol. The van der Waals surface area contributed by atoms with E-state index < -0.39 is 9.84 Å². The van der Waals surface area contributed by atoms with E-state index in [0.717, 1.165) is 27.6 Å². The summed E-state index contributed by atoms with van der Waals surface area (Å²) in [5.41, 5.74) is 4.48. The van der Waals surface area contributed by atoms with Gasteiger partial charge >= 0.3 is 0 Å². The number of thiazole rings is 1. The maximum absolute atomic E-state index is 13.0. The van der Waals surface area contributed by atoms with Crippen LogP contribution in [0.2, 0.25) is 0 Å². The second kappa shape index (κ2) is 8.57. The zero-order valence-electron chi connectivity index (χ0n) is 18.8. The lowest BCUT2D eigenvalue weighted by Gasteiger charge is -2.36. The van der Waals surface area contributed by atoms with E-state index in [-0.39, 0.29) is 23.5 Å². The molecule has 174 valence electrons. The minimum Gasteiger partial charge on any atom is -0.365 e. The summed E-state index contributed by atoms with van der Waals surface area (Å²) in [6, 6.07) is 9.80. The SMILES string of the molecule is Cc1nn(C2CCS(=O)(=O)C2)c(C)c1N1CCN(C(=O)c2csc(-c3ccccc3)n2)CC1. The van der Waals surface area contributed by atoms with Gasteiger partial charge in [-0.05, 0) is 20.3 Å². The van der Waals surface area contributed by atoms with Gasteiger partial charge < -0.3 is 9.80 Å². The van der Waals surface area contributed by atoms with Crippen LogP contribution < -0.4 is 4.90 Å². The number of amides is 1. The van der Waals surface area contributed by atoms with Crippen molar-refractivity contribution in [3.05, 3.63) is 52.8 Å². The van der Waals surface area contributed by atoms with Crippen molar-refractivity contribution < 1.29 is 13.2 Å². The second-order valence-electron chi connectivity index (χ2n) is 8.70. The topological polar surface area (TPSA) is 88.4 Å². The third kappa shape index (κ3) is 4.29. The van der Waals surface area contributed by atoms with Crippen molar-refractivity contribution in [2.24, 2.45) is 0 Å². The number of anilines is 1. The number of carbonyl (C=O) groups is 1. The molecular weight excluding hydrogens is 458 g/mol. The normalized spacial score (nSPS) is 20.4. The van der Waals surface area contributed by atoms with Gasteiger partial charge in [-0.1, -0.05) is 30.3 Å². The van der Waals surface area contributed by atoms with Gasteiger partial charge in [0.2, 0.25) is 0 Å². The fourth-order valence-corrected chi connectivity index (χ4v) is 7.31. The van der Waals surface area contributed by atoms with Gasteiger partial charge in [0.15, 0.2) is 9.84 Å². The second-order valence-corrected chi connectivity index (χ2v) is 11.8. The van der Waals surface area contributed by atoms with Crippen molar-refractivity contribution in [1.29, 1.82) is 0 Å². The van der Waals surface area contributed by atoms with E-state index in [9.17, 15) is 13.2 Å². The van der Waals surface area contributed by atoms with Gasteiger partial charge in [0.1, 0.15) is 10.7 Å². The number of piperazine rings is 1. The third-order valence-electron chi connectivity index (χ3n) is 6.47. The summed E-state index contributed by atoms with van der Waals surface area (Å²) in [5.74, 6) is 0.359. The van der Waals surface area contributed by atoms with Crippen LogP contribution in [0.3, 0.4) is 0 Å². The Morgan fingerprint density at radius 2 is 1.82 bits per heavy atom. The van der Waals surface area contributed by atoms with Gasteiger partial charge in [-0.15, -0.1) is 11.3 Å². The summed E-state index contributed by atoms with van der Waals surface area (Å²) in [5, 5.41) is 7.38. The first-order valence-corrected chi connectivity index (χ1v) is 13.8. The van der Waals surface area contributed by atoms with Crippen LogP contribution in [0.1, 0.15) is 34.3 Å². The molecule has 2 aromatic heterocycles. The van der Waals surface area contributed by atoms with E-state index in [4.69, 9.17) is 0 Å². The van der Waals surface area contributed by atoms with E-state index in [1.807, 2.05) is 59.1 Å². The smallest absolute Gasteiger partial charge is 0.273 e. The summed E-state index contributed by atoms with van der Waals surface area (Å²) < 4.78 is 25.7. The highest BCUT2D eigenvalue weighted by Crippen LogP contribution is 2.32. The molecule has 33 heavy (non-hydrogen) atoms. The van der Waals surface area contributed by atoms with Gasteiger partial charge in [-0.25, -0.2) is 13.4 Å². The van der Waals surface area contributed by atoms with Crippen molar-refractivity contribution >= 4 is 32.8 Å². The lowest BCUT2D eigenvalue weighted by molar-refractivity contribution is 0.0741. The number of benzene rings is 1. The first-order valence-electron chi connectivity index (χ1n) is 11.1. The van der Waals surface area contributed by atoms with E-state index in [0.29, 0.717) is 38.3 Å². The molecule has 1 unspecified atom stereocenters. The molecule has 1 amide bonds. The van der Waals surface area contributed by atoms with Gasteiger partial charge in [-0.2, -0.15) is 5.10 Å². The predicted molar refractivity (Wildman–Crippen MR) is 130 cm³/mol. The average Bonchev–Trinajstić information content (AvgIpc) is 3.51. The van der Waals surface area contributed by atoms with Crippen LogP contribution in [0.15, 0.2) is 35.7 Å². The number of carbonyl (C=O) groups excluding carboxylic acids is 1.